The number of rotatable bonds is 2. The van der Waals surface area contributed by atoms with E-state index in [-0.39, 0.29) is 17.3 Å². The van der Waals surface area contributed by atoms with Crippen LogP contribution in [0.1, 0.15) is 51.2 Å². The number of nitrogens with one attached hydrogen (secondary N) is 1. The molecule has 0 spiro atoms. The normalized spacial score (nSPS) is 16.8. The Hall–Kier alpha value is -2.95. The zero-order chi connectivity index (χ0) is 18.1. The maximum atomic E-state index is 12.8. The lowest BCUT2D eigenvalue weighted by Crippen LogP contribution is -2.38. The Labute approximate surface area is 151 Å². The topological polar surface area (TPSA) is 70.2 Å². The Balaban J connectivity index is 1.58. The number of fused-ring (bicyclic) bond motifs is 1. The first kappa shape index (κ1) is 16.5. The van der Waals surface area contributed by atoms with Gasteiger partial charge in [-0.1, -0.05) is 36.4 Å². The predicted molar refractivity (Wildman–Crippen MR) is 99.3 cm³/mol. The van der Waals surface area contributed by atoms with Crippen molar-refractivity contribution in [3.63, 3.8) is 0 Å². The fourth-order valence-electron chi connectivity index (χ4n) is 3.67. The number of H-pyrrole nitrogens is 1. The molecular weight excluding hydrogens is 328 g/mol. The second kappa shape index (κ2) is 6.75. The SMILES string of the molecule is O=C1CCCc2[nH]c(=O)c(C(=O)N3CC=C(c4ccccc4)CC3)cc21. The van der Waals surface area contributed by atoms with E-state index in [0.717, 1.165) is 18.4 Å². The molecule has 1 aliphatic carbocycles. The number of pyridine rings is 1. The van der Waals surface area contributed by atoms with Gasteiger partial charge in [0.05, 0.1) is 0 Å². The number of aryl methyl sites for hydroxylation is 1. The highest BCUT2D eigenvalue weighted by Crippen LogP contribution is 2.23. The van der Waals surface area contributed by atoms with E-state index in [1.54, 1.807) is 4.90 Å². The molecule has 5 heteroatoms. The van der Waals surface area contributed by atoms with Crippen LogP contribution in [0.15, 0.2) is 47.3 Å². The van der Waals surface area contributed by atoms with Crippen LogP contribution in [0.4, 0.5) is 0 Å². The van der Waals surface area contributed by atoms with E-state index in [1.807, 2.05) is 24.3 Å². The average molecular weight is 348 g/mol. The summed E-state index contributed by atoms with van der Waals surface area (Å²) < 4.78 is 0. The van der Waals surface area contributed by atoms with Crippen molar-refractivity contribution in [3.8, 4) is 0 Å². The van der Waals surface area contributed by atoms with Gasteiger partial charge in [0.25, 0.3) is 11.5 Å². The molecule has 0 fully saturated rings. The van der Waals surface area contributed by atoms with Gasteiger partial charge in [-0.05, 0) is 36.5 Å². The lowest BCUT2D eigenvalue weighted by molar-refractivity contribution is 0.0771. The molecule has 1 aliphatic heterocycles. The number of aromatic nitrogens is 1. The monoisotopic (exact) mass is 348 g/mol. The third kappa shape index (κ3) is 3.01. The number of nitrogens with zero attached hydrogens (tertiary/aromatic N) is 1. The third-order valence-corrected chi connectivity index (χ3v) is 5.13. The average Bonchev–Trinajstić information content (AvgIpc) is 2.68. The molecule has 1 aromatic heterocycles. The first-order chi connectivity index (χ1) is 12.6. The summed E-state index contributed by atoms with van der Waals surface area (Å²) in [5, 5.41) is 0. The van der Waals surface area contributed by atoms with Crippen LogP contribution in [0.3, 0.4) is 0 Å². The summed E-state index contributed by atoms with van der Waals surface area (Å²) >= 11 is 0. The maximum Gasteiger partial charge on any atom is 0.261 e. The molecule has 0 radical (unpaired) electrons. The molecule has 132 valence electrons. The van der Waals surface area contributed by atoms with Crippen molar-refractivity contribution in [1.29, 1.82) is 0 Å². The summed E-state index contributed by atoms with van der Waals surface area (Å²) in [6, 6.07) is 11.6. The molecule has 1 aromatic carbocycles. The Morgan fingerprint density at radius 2 is 1.85 bits per heavy atom. The number of hydrogen-bond acceptors (Lipinski definition) is 3. The van der Waals surface area contributed by atoms with Crippen molar-refractivity contribution in [2.45, 2.75) is 25.7 Å². The summed E-state index contributed by atoms with van der Waals surface area (Å²) in [5.41, 5.74) is 3.20. The Bertz CT molecular complexity index is 957. The largest absolute Gasteiger partial charge is 0.334 e. The lowest BCUT2D eigenvalue weighted by Gasteiger charge is -2.27. The van der Waals surface area contributed by atoms with Crippen molar-refractivity contribution >= 4 is 17.3 Å². The standard InChI is InChI=1S/C21H20N2O3/c24-19-8-4-7-18-16(19)13-17(20(25)22-18)21(26)23-11-9-15(10-12-23)14-5-2-1-3-6-14/h1-3,5-6,9,13H,4,7-8,10-12H2,(H,22,25). The minimum absolute atomic E-state index is 0.00135. The predicted octanol–water partition coefficient (Wildman–Crippen LogP) is 2.82. The number of carbonyl (C=O) groups excluding carboxylic acids is 2. The Morgan fingerprint density at radius 3 is 2.58 bits per heavy atom. The van der Waals surface area contributed by atoms with Crippen LogP contribution >= 0.6 is 0 Å². The zero-order valence-corrected chi connectivity index (χ0v) is 14.5. The van der Waals surface area contributed by atoms with Gasteiger partial charge in [-0.25, -0.2) is 0 Å². The maximum absolute atomic E-state index is 12.8. The number of benzene rings is 1. The van der Waals surface area contributed by atoms with Crippen molar-refractivity contribution < 1.29 is 9.59 Å². The van der Waals surface area contributed by atoms with Crippen molar-refractivity contribution in [2.24, 2.45) is 0 Å². The summed E-state index contributed by atoms with van der Waals surface area (Å²) in [6.45, 7) is 1.03. The molecule has 5 nitrogen and oxygen atoms in total. The van der Waals surface area contributed by atoms with E-state index < -0.39 is 5.56 Å². The van der Waals surface area contributed by atoms with Gasteiger partial charge in [-0.15, -0.1) is 0 Å². The molecule has 0 saturated heterocycles. The second-order valence-corrected chi connectivity index (χ2v) is 6.78. The molecular formula is C21H20N2O3. The van der Waals surface area contributed by atoms with Crippen LogP contribution < -0.4 is 5.56 Å². The van der Waals surface area contributed by atoms with Gasteiger partial charge in [0.2, 0.25) is 0 Å². The van der Waals surface area contributed by atoms with Crippen molar-refractivity contribution in [2.75, 3.05) is 13.1 Å². The molecule has 0 saturated carbocycles. The molecule has 0 atom stereocenters. The molecule has 1 amide bonds. The fraction of sp³-hybridized carbons (Fsp3) is 0.286. The number of amides is 1. The first-order valence-corrected chi connectivity index (χ1v) is 8.96. The Kier molecular flexibility index (Phi) is 4.29. The number of hydrogen-bond donors (Lipinski definition) is 1. The van der Waals surface area contributed by atoms with Crippen LogP contribution in [-0.4, -0.2) is 34.7 Å². The molecule has 1 N–H and O–H groups in total. The van der Waals surface area contributed by atoms with Gasteiger partial charge in [0.1, 0.15) is 5.56 Å². The highest BCUT2D eigenvalue weighted by atomic mass is 16.2. The van der Waals surface area contributed by atoms with Gasteiger partial charge in [-0.2, -0.15) is 0 Å². The molecule has 0 unspecified atom stereocenters. The van der Waals surface area contributed by atoms with Crippen molar-refractivity contribution in [3.05, 3.63) is 75.2 Å². The van der Waals surface area contributed by atoms with Crippen molar-refractivity contribution in [1.82, 2.24) is 9.88 Å². The molecule has 0 bridgehead atoms. The van der Waals surface area contributed by atoms with Crippen LogP contribution in [0.5, 0.6) is 0 Å². The van der Waals surface area contributed by atoms with Gasteiger partial charge in [0, 0.05) is 30.8 Å². The smallest absolute Gasteiger partial charge is 0.261 e. The number of Topliss-reactive ketones (excluding diaryl/α,β-unsaturated/α-hetero) is 1. The molecule has 2 aliphatic rings. The molecule has 2 aromatic rings. The fourth-order valence-corrected chi connectivity index (χ4v) is 3.67. The van der Waals surface area contributed by atoms with Gasteiger partial charge in [-0.3, -0.25) is 14.4 Å². The summed E-state index contributed by atoms with van der Waals surface area (Å²) in [5.74, 6) is -0.308. The van der Waals surface area contributed by atoms with E-state index in [2.05, 4.69) is 17.1 Å². The molecule has 26 heavy (non-hydrogen) atoms. The zero-order valence-electron chi connectivity index (χ0n) is 14.5. The highest BCUT2D eigenvalue weighted by Gasteiger charge is 2.25. The number of carbonyl (C=O) groups is 2. The second-order valence-electron chi connectivity index (χ2n) is 6.78. The number of aromatic amines is 1. The van der Waals surface area contributed by atoms with Gasteiger partial charge < -0.3 is 9.88 Å². The quantitative estimate of drug-likeness (QED) is 0.907. The summed E-state index contributed by atoms with van der Waals surface area (Å²) in [6.07, 6.45) is 4.68. The van der Waals surface area contributed by atoms with Crippen LogP contribution in [0, 0.1) is 0 Å². The van der Waals surface area contributed by atoms with E-state index in [0.29, 0.717) is 37.2 Å². The highest BCUT2D eigenvalue weighted by molar-refractivity contribution is 6.01. The molecule has 2 heterocycles. The van der Waals surface area contributed by atoms with Crippen LogP contribution in [0.2, 0.25) is 0 Å². The minimum atomic E-state index is -0.402. The lowest BCUT2D eigenvalue weighted by atomic mass is 9.93. The third-order valence-electron chi connectivity index (χ3n) is 5.13. The van der Waals surface area contributed by atoms with Crippen LogP contribution in [0.25, 0.3) is 5.57 Å². The van der Waals surface area contributed by atoms with Gasteiger partial charge in [0.15, 0.2) is 5.78 Å². The Morgan fingerprint density at radius 1 is 1.04 bits per heavy atom. The van der Waals surface area contributed by atoms with E-state index in [4.69, 9.17) is 0 Å². The molecule has 4 rings (SSSR count). The van der Waals surface area contributed by atoms with E-state index >= 15 is 0 Å². The first-order valence-electron chi connectivity index (χ1n) is 8.96. The minimum Gasteiger partial charge on any atom is -0.334 e. The number of ketones is 1. The van der Waals surface area contributed by atoms with E-state index in [1.165, 1.54) is 11.6 Å². The van der Waals surface area contributed by atoms with E-state index in [9.17, 15) is 14.4 Å². The van der Waals surface area contributed by atoms with Gasteiger partial charge >= 0.3 is 0 Å². The summed E-state index contributed by atoms with van der Waals surface area (Å²) in [7, 11) is 0. The summed E-state index contributed by atoms with van der Waals surface area (Å²) in [4.78, 5) is 41.7. The van der Waals surface area contributed by atoms with Crippen LogP contribution in [-0.2, 0) is 6.42 Å².